The zero-order chi connectivity index (χ0) is 17.2. The molecule has 2 aromatic rings. The van der Waals surface area contributed by atoms with Crippen molar-refractivity contribution in [1.82, 2.24) is 4.90 Å². The standard InChI is InChI=1S/C20H24N2O2.ClH/c1-20(2)14-22(12-11-18(20)21)19(23)15-7-6-10-17(13-15)24-16-8-4-3-5-9-16;/h3-10,13,18H,11-12,14,21H2,1-2H3;1H. The number of para-hydroxylation sites is 1. The van der Waals surface area contributed by atoms with Gasteiger partial charge in [0.2, 0.25) is 0 Å². The predicted octanol–water partition coefficient (Wildman–Crippen LogP) is 4.10. The number of rotatable bonds is 3. The summed E-state index contributed by atoms with van der Waals surface area (Å²) in [5.74, 6) is 1.46. The van der Waals surface area contributed by atoms with Gasteiger partial charge in [0.1, 0.15) is 11.5 Å². The van der Waals surface area contributed by atoms with Gasteiger partial charge in [0, 0.05) is 24.7 Å². The zero-order valence-corrected chi connectivity index (χ0v) is 15.5. The quantitative estimate of drug-likeness (QED) is 0.896. The summed E-state index contributed by atoms with van der Waals surface area (Å²) < 4.78 is 5.82. The molecule has 0 saturated carbocycles. The summed E-state index contributed by atoms with van der Waals surface area (Å²) in [5.41, 5.74) is 6.75. The van der Waals surface area contributed by atoms with Crippen LogP contribution in [0.1, 0.15) is 30.6 Å². The van der Waals surface area contributed by atoms with Crippen LogP contribution in [0.3, 0.4) is 0 Å². The van der Waals surface area contributed by atoms with Crippen molar-refractivity contribution in [3.8, 4) is 11.5 Å². The van der Waals surface area contributed by atoms with Crippen molar-refractivity contribution in [2.45, 2.75) is 26.3 Å². The minimum Gasteiger partial charge on any atom is -0.457 e. The van der Waals surface area contributed by atoms with E-state index < -0.39 is 0 Å². The molecule has 1 fully saturated rings. The predicted molar refractivity (Wildman–Crippen MR) is 102 cm³/mol. The van der Waals surface area contributed by atoms with Crippen LogP contribution in [0.2, 0.25) is 0 Å². The van der Waals surface area contributed by atoms with E-state index in [-0.39, 0.29) is 29.8 Å². The monoisotopic (exact) mass is 360 g/mol. The molecule has 25 heavy (non-hydrogen) atoms. The molecule has 1 aliphatic rings. The van der Waals surface area contributed by atoms with Gasteiger partial charge in [0.25, 0.3) is 5.91 Å². The minimum absolute atomic E-state index is 0. The van der Waals surface area contributed by atoms with Crippen molar-refractivity contribution < 1.29 is 9.53 Å². The number of hydrogen-bond acceptors (Lipinski definition) is 3. The van der Waals surface area contributed by atoms with Crippen molar-refractivity contribution in [1.29, 1.82) is 0 Å². The van der Waals surface area contributed by atoms with Crippen LogP contribution in [0.25, 0.3) is 0 Å². The molecular weight excluding hydrogens is 336 g/mol. The number of amides is 1. The Bertz CT molecular complexity index is 719. The Morgan fingerprint density at radius 2 is 1.80 bits per heavy atom. The van der Waals surface area contributed by atoms with Crippen LogP contribution < -0.4 is 10.5 Å². The number of likely N-dealkylation sites (tertiary alicyclic amines) is 1. The molecule has 1 unspecified atom stereocenters. The zero-order valence-electron chi connectivity index (χ0n) is 14.6. The molecule has 1 heterocycles. The van der Waals surface area contributed by atoms with Crippen molar-refractivity contribution in [3.63, 3.8) is 0 Å². The molecule has 0 spiro atoms. The fourth-order valence-corrected chi connectivity index (χ4v) is 3.05. The molecule has 0 aliphatic carbocycles. The van der Waals surface area contributed by atoms with Gasteiger partial charge in [-0.05, 0) is 42.2 Å². The third-order valence-electron chi connectivity index (χ3n) is 4.66. The molecule has 1 amide bonds. The molecule has 0 radical (unpaired) electrons. The summed E-state index contributed by atoms with van der Waals surface area (Å²) in [6, 6.07) is 17.0. The maximum Gasteiger partial charge on any atom is 0.254 e. The van der Waals surface area contributed by atoms with E-state index >= 15 is 0 Å². The molecule has 1 saturated heterocycles. The summed E-state index contributed by atoms with van der Waals surface area (Å²) >= 11 is 0. The second-order valence-electron chi connectivity index (χ2n) is 7.05. The molecule has 4 nitrogen and oxygen atoms in total. The van der Waals surface area contributed by atoms with Crippen LogP contribution in [0.15, 0.2) is 54.6 Å². The van der Waals surface area contributed by atoms with Gasteiger partial charge in [-0.15, -0.1) is 12.4 Å². The first kappa shape index (κ1) is 19.3. The molecule has 1 aliphatic heterocycles. The lowest BCUT2D eigenvalue weighted by Crippen LogP contribution is -2.53. The second kappa shape index (κ2) is 7.89. The number of halogens is 1. The van der Waals surface area contributed by atoms with E-state index in [1.165, 1.54) is 0 Å². The molecule has 3 rings (SSSR count). The minimum atomic E-state index is -0.0634. The molecule has 1 atom stereocenters. The Kier molecular flexibility index (Phi) is 6.09. The smallest absolute Gasteiger partial charge is 0.254 e. The van der Waals surface area contributed by atoms with Crippen LogP contribution in [0, 0.1) is 5.41 Å². The maximum atomic E-state index is 12.8. The van der Waals surface area contributed by atoms with Crippen molar-refractivity contribution in [2.75, 3.05) is 13.1 Å². The van der Waals surface area contributed by atoms with Crippen LogP contribution in [-0.4, -0.2) is 29.9 Å². The lowest BCUT2D eigenvalue weighted by Gasteiger charge is -2.42. The van der Waals surface area contributed by atoms with E-state index in [0.29, 0.717) is 24.4 Å². The van der Waals surface area contributed by atoms with E-state index in [4.69, 9.17) is 10.5 Å². The van der Waals surface area contributed by atoms with Gasteiger partial charge in [-0.3, -0.25) is 4.79 Å². The van der Waals surface area contributed by atoms with Crippen molar-refractivity contribution >= 4 is 18.3 Å². The third kappa shape index (κ3) is 4.53. The number of carbonyl (C=O) groups is 1. The summed E-state index contributed by atoms with van der Waals surface area (Å²) in [6.07, 6.45) is 0.832. The van der Waals surface area contributed by atoms with Crippen LogP contribution in [0.5, 0.6) is 11.5 Å². The second-order valence-corrected chi connectivity index (χ2v) is 7.05. The number of carbonyl (C=O) groups excluding carboxylic acids is 1. The maximum absolute atomic E-state index is 12.8. The lowest BCUT2D eigenvalue weighted by atomic mass is 9.79. The number of ether oxygens (including phenoxy) is 1. The van der Waals surface area contributed by atoms with Crippen LogP contribution >= 0.6 is 12.4 Å². The van der Waals surface area contributed by atoms with Gasteiger partial charge >= 0.3 is 0 Å². The molecule has 134 valence electrons. The van der Waals surface area contributed by atoms with Crippen molar-refractivity contribution in [3.05, 3.63) is 60.2 Å². The Balaban J connectivity index is 0.00000225. The summed E-state index contributed by atoms with van der Waals surface area (Å²) in [5, 5.41) is 0. The van der Waals surface area contributed by atoms with Gasteiger partial charge in [0.05, 0.1) is 0 Å². The van der Waals surface area contributed by atoms with Gasteiger partial charge in [-0.2, -0.15) is 0 Å². The normalized spacial score (nSPS) is 19.0. The average Bonchev–Trinajstić information content (AvgIpc) is 2.58. The highest BCUT2D eigenvalue weighted by Crippen LogP contribution is 2.29. The highest BCUT2D eigenvalue weighted by atomic mass is 35.5. The third-order valence-corrected chi connectivity index (χ3v) is 4.66. The number of piperidine rings is 1. The number of nitrogens with two attached hydrogens (primary N) is 1. The van der Waals surface area contributed by atoms with E-state index in [1.54, 1.807) is 6.07 Å². The molecular formula is C20H25ClN2O2. The fraction of sp³-hybridized carbons (Fsp3) is 0.350. The van der Waals surface area contributed by atoms with Gasteiger partial charge < -0.3 is 15.4 Å². The van der Waals surface area contributed by atoms with Gasteiger partial charge in [-0.25, -0.2) is 0 Å². The van der Waals surface area contributed by atoms with Crippen LogP contribution in [-0.2, 0) is 0 Å². The van der Waals surface area contributed by atoms with E-state index in [1.807, 2.05) is 53.4 Å². The summed E-state index contributed by atoms with van der Waals surface area (Å²) in [6.45, 7) is 5.61. The first-order valence-electron chi connectivity index (χ1n) is 8.33. The Morgan fingerprint density at radius 3 is 2.48 bits per heavy atom. The number of hydrogen-bond donors (Lipinski definition) is 1. The summed E-state index contributed by atoms with van der Waals surface area (Å²) in [7, 11) is 0. The molecule has 5 heteroatoms. The first-order chi connectivity index (χ1) is 11.5. The molecule has 0 bridgehead atoms. The van der Waals surface area contributed by atoms with Gasteiger partial charge in [0.15, 0.2) is 0 Å². The largest absolute Gasteiger partial charge is 0.457 e. The van der Waals surface area contributed by atoms with E-state index in [0.717, 1.165) is 12.2 Å². The van der Waals surface area contributed by atoms with Gasteiger partial charge in [-0.1, -0.05) is 38.1 Å². The molecule has 2 aromatic carbocycles. The SMILES string of the molecule is CC1(C)CN(C(=O)c2cccc(Oc3ccccc3)c2)CCC1N.Cl. The molecule has 0 aromatic heterocycles. The first-order valence-corrected chi connectivity index (χ1v) is 8.33. The highest BCUT2D eigenvalue weighted by Gasteiger charge is 2.35. The van der Waals surface area contributed by atoms with Crippen molar-refractivity contribution in [2.24, 2.45) is 11.1 Å². The number of nitrogens with zero attached hydrogens (tertiary/aromatic N) is 1. The Labute approximate surface area is 155 Å². The van der Waals surface area contributed by atoms with E-state index in [9.17, 15) is 4.79 Å². The topological polar surface area (TPSA) is 55.6 Å². The highest BCUT2D eigenvalue weighted by molar-refractivity contribution is 5.94. The number of benzene rings is 2. The Morgan fingerprint density at radius 1 is 1.12 bits per heavy atom. The Hall–Kier alpha value is -2.04. The lowest BCUT2D eigenvalue weighted by molar-refractivity contribution is 0.0532. The van der Waals surface area contributed by atoms with E-state index in [2.05, 4.69) is 13.8 Å². The molecule has 2 N–H and O–H groups in total. The fourth-order valence-electron chi connectivity index (χ4n) is 3.05. The average molecular weight is 361 g/mol. The van der Waals surface area contributed by atoms with Crippen LogP contribution in [0.4, 0.5) is 0 Å². The summed E-state index contributed by atoms with van der Waals surface area (Å²) in [4.78, 5) is 14.7.